The van der Waals surface area contributed by atoms with Crippen LogP contribution in [0, 0.1) is 0 Å². The number of rotatable bonds is 7. The number of nitrogens with two attached hydrogens (primary N) is 1. The molecule has 5 nitrogen and oxygen atoms in total. The third-order valence-electron chi connectivity index (χ3n) is 3.34. The van der Waals surface area contributed by atoms with Gasteiger partial charge >= 0.3 is 0 Å². The molecule has 1 atom stereocenters. The van der Waals surface area contributed by atoms with Crippen LogP contribution in [0.15, 0.2) is 18.2 Å². The van der Waals surface area contributed by atoms with Gasteiger partial charge in [-0.1, -0.05) is 11.6 Å². The van der Waals surface area contributed by atoms with E-state index in [2.05, 4.69) is 5.32 Å². The van der Waals surface area contributed by atoms with Crippen molar-refractivity contribution >= 4 is 23.2 Å². The Kier molecular flexibility index (Phi) is 6.29. The van der Waals surface area contributed by atoms with Crippen molar-refractivity contribution in [3.8, 4) is 0 Å². The smallest absolute Gasteiger partial charge is 0.251 e. The van der Waals surface area contributed by atoms with Crippen molar-refractivity contribution in [2.75, 3.05) is 32.1 Å². The van der Waals surface area contributed by atoms with E-state index in [-0.39, 0.29) is 12.0 Å². The van der Waals surface area contributed by atoms with Crippen LogP contribution in [0.25, 0.3) is 0 Å². The second-order valence-corrected chi connectivity index (χ2v) is 5.46. The van der Waals surface area contributed by atoms with Crippen LogP contribution in [0.2, 0.25) is 5.02 Å². The molecule has 0 saturated carbocycles. The molecule has 2 rings (SSSR count). The normalized spacial score (nSPS) is 17.9. The molecule has 1 aliphatic heterocycles. The van der Waals surface area contributed by atoms with Gasteiger partial charge in [0.05, 0.1) is 23.4 Å². The minimum Gasteiger partial charge on any atom is -0.398 e. The molecule has 0 radical (unpaired) electrons. The standard InChI is InChI=1S/C15H21ClN2O3/c16-13-5-4-11(9-14(13)17)15(19)18-6-2-7-20-10-12-3-1-8-21-12/h4-5,9,12H,1-3,6-8,10,17H2,(H,18,19). The van der Waals surface area contributed by atoms with Gasteiger partial charge in [-0.3, -0.25) is 4.79 Å². The second kappa shape index (κ2) is 8.22. The summed E-state index contributed by atoms with van der Waals surface area (Å²) in [5.74, 6) is -0.155. The van der Waals surface area contributed by atoms with Gasteiger partial charge in [0.2, 0.25) is 0 Å². The van der Waals surface area contributed by atoms with Crippen molar-refractivity contribution in [2.24, 2.45) is 0 Å². The van der Waals surface area contributed by atoms with Crippen molar-refractivity contribution in [3.05, 3.63) is 28.8 Å². The lowest BCUT2D eigenvalue weighted by molar-refractivity contribution is 0.0166. The topological polar surface area (TPSA) is 73.6 Å². The first-order valence-electron chi connectivity index (χ1n) is 7.19. The van der Waals surface area contributed by atoms with E-state index in [0.29, 0.717) is 36.0 Å². The molecule has 1 aromatic carbocycles. The van der Waals surface area contributed by atoms with E-state index in [4.69, 9.17) is 26.8 Å². The summed E-state index contributed by atoms with van der Waals surface area (Å²) >= 11 is 5.82. The molecule has 0 spiro atoms. The second-order valence-electron chi connectivity index (χ2n) is 5.06. The molecule has 6 heteroatoms. The summed E-state index contributed by atoms with van der Waals surface area (Å²) in [5, 5.41) is 3.28. The number of hydrogen-bond donors (Lipinski definition) is 2. The van der Waals surface area contributed by atoms with Crippen molar-refractivity contribution in [2.45, 2.75) is 25.4 Å². The summed E-state index contributed by atoms with van der Waals surface area (Å²) in [6.07, 6.45) is 3.21. The molecule has 1 aliphatic rings. The number of halogens is 1. The first-order valence-corrected chi connectivity index (χ1v) is 7.57. The van der Waals surface area contributed by atoms with Gasteiger partial charge in [-0.25, -0.2) is 0 Å². The molecule has 1 amide bonds. The van der Waals surface area contributed by atoms with Gasteiger partial charge in [0, 0.05) is 25.3 Å². The van der Waals surface area contributed by atoms with Crippen molar-refractivity contribution < 1.29 is 14.3 Å². The number of benzene rings is 1. The van der Waals surface area contributed by atoms with Gasteiger partial charge in [0.1, 0.15) is 0 Å². The van der Waals surface area contributed by atoms with Gasteiger partial charge in [-0.05, 0) is 37.5 Å². The quantitative estimate of drug-likeness (QED) is 0.598. The monoisotopic (exact) mass is 312 g/mol. The highest BCUT2D eigenvalue weighted by atomic mass is 35.5. The van der Waals surface area contributed by atoms with E-state index in [1.165, 1.54) is 0 Å². The summed E-state index contributed by atoms with van der Waals surface area (Å²) in [6.45, 7) is 2.66. The lowest BCUT2D eigenvalue weighted by Gasteiger charge is -2.10. The summed E-state index contributed by atoms with van der Waals surface area (Å²) in [4.78, 5) is 11.9. The number of nitrogens with one attached hydrogen (secondary N) is 1. The number of amides is 1. The zero-order chi connectivity index (χ0) is 15.1. The lowest BCUT2D eigenvalue weighted by Crippen LogP contribution is -2.25. The summed E-state index contributed by atoms with van der Waals surface area (Å²) < 4.78 is 11.0. The molecule has 21 heavy (non-hydrogen) atoms. The molecule has 116 valence electrons. The Bertz CT molecular complexity index is 476. The van der Waals surface area contributed by atoms with Crippen LogP contribution in [0.3, 0.4) is 0 Å². The van der Waals surface area contributed by atoms with Crippen LogP contribution in [0.5, 0.6) is 0 Å². The van der Waals surface area contributed by atoms with E-state index in [1.807, 2.05) is 0 Å². The largest absolute Gasteiger partial charge is 0.398 e. The number of hydrogen-bond acceptors (Lipinski definition) is 4. The summed E-state index contributed by atoms with van der Waals surface area (Å²) in [6, 6.07) is 4.85. The van der Waals surface area contributed by atoms with Crippen molar-refractivity contribution in [1.82, 2.24) is 5.32 Å². The number of nitrogen functional groups attached to an aromatic ring is 1. The van der Waals surface area contributed by atoms with Gasteiger partial charge in [-0.15, -0.1) is 0 Å². The van der Waals surface area contributed by atoms with Gasteiger partial charge in [0.25, 0.3) is 5.91 Å². The Morgan fingerprint density at radius 1 is 1.52 bits per heavy atom. The van der Waals surface area contributed by atoms with E-state index in [9.17, 15) is 4.79 Å². The maximum absolute atomic E-state index is 11.9. The number of carbonyl (C=O) groups excluding carboxylic acids is 1. The minimum absolute atomic E-state index is 0.155. The SMILES string of the molecule is Nc1cc(C(=O)NCCCOCC2CCCO2)ccc1Cl. The fourth-order valence-corrected chi connectivity index (χ4v) is 2.27. The molecule has 3 N–H and O–H groups in total. The Morgan fingerprint density at radius 3 is 3.10 bits per heavy atom. The van der Waals surface area contributed by atoms with Gasteiger partial charge < -0.3 is 20.5 Å². The highest BCUT2D eigenvalue weighted by Crippen LogP contribution is 2.19. The Labute approximate surface area is 129 Å². The molecule has 1 aromatic rings. The van der Waals surface area contributed by atoms with Crippen LogP contribution >= 0.6 is 11.6 Å². The molecule has 0 aromatic heterocycles. The van der Waals surface area contributed by atoms with Crippen LogP contribution < -0.4 is 11.1 Å². The maximum atomic E-state index is 11.9. The average molecular weight is 313 g/mol. The van der Waals surface area contributed by atoms with Gasteiger partial charge in [0.15, 0.2) is 0 Å². The Morgan fingerprint density at radius 2 is 2.38 bits per heavy atom. The molecule has 1 heterocycles. The predicted molar refractivity (Wildman–Crippen MR) is 82.6 cm³/mol. The summed E-state index contributed by atoms with van der Waals surface area (Å²) in [7, 11) is 0. The number of ether oxygens (including phenoxy) is 2. The van der Waals surface area contributed by atoms with E-state index in [1.54, 1.807) is 18.2 Å². The third-order valence-corrected chi connectivity index (χ3v) is 3.68. The van der Waals surface area contributed by atoms with E-state index < -0.39 is 0 Å². The van der Waals surface area contributed by atoms with Gasteiger partial charge in [-0.2, -0.15) is 0 Å². The average Bonchev–Trinajstić information content (AvgIpc) is 2.98. The Hall–Kier alpha value is -1.30. The van der Waals surface area contributed by atoms with Crippen LogP contribution in [0.1, 0.15) is 29.6 Å². The van der Waals surface area contributed by atoms with Crippen LogP contribution in [-0.4, -0.2) is 38.4 Å². The number of carbonyl (C=O) groups is 1. The predicted octanol–water partition coefficient (Wildman–Crippen LogP) is 2.24. The molecule has 1 fully saturated rings. The zero-order valence-electron chi connectivity index (χ0n) is 11.9. The highest BCUT2D eigenvalue weighted by molar-refractivity contribution is 6.33. The first-order chi connectivity index (χ1) is 10.2. The fourth-order valence-electron chi connectivity index (χ4n) is 2.15. The van der Waals surface area contributed by atoms with E-state index >= 15 is 0 Å². The number of anilines is 1. The molecule has 0 aliphatic carbocycles. The summed E-state index contributed by atoms with van der Waals surface area (Å²) in [5.41, 5.74) is 6.59. The third kappa shape index (κ3) is 5.19. The molecular weight excluding hydrogens is 292 g/mol. The molecule has 0 bridgehead atoms. The molecule has 1 unspecified atom stereocenters. The van der Waals surface area contributed by atoms with Crippen molar-refractivity contribution in [1.29, 1.82) is 0 Å². The fraction of sp³-hybridized carbons (Fsp3) is 0.533. The lowest BCUT2D eigenvalue weighted by atomic mass is 10.2. The molecule has 1 saturated heterocycles. The first kappa shape index (κ1) is 16.1. The Balaban J connectivity index is 1.59. The maximum Gasteiger partial charge on any atom is 0.251 e. The van der Waals surface area contributed by atoms with Crippen LogP contribution in [0.4, 0.5) is 5.69 Å². The highest BCUT2D eigenvalue weighted by Gasteiger charge is 2.15. The minimum atomic E-state index is -0.155. The zero-order valence-corrected chi connectivity index (χ0v) is 12.7. The van der Waals surface area contributed by atoms with E-state index in [0.717, 1.165) is 25.9 Å². The molecular formula is C15H21ClN2O3. The van der Waals surface area contributed by atoms with Crippen LogP contribution in [-0.2, 0) is 9.47 Å². The van der Waals surface area contributed by atoms with Crippen molar-refractivity contribution in [3.63, 3.8) is 0 Å².